The van der Waals surface area contributed by atoms with E-state index in [1.165, 1.54) is 4.68 Å². The Morgan fingerprint density at radius 3 is 2.79 bits per heavy atom. The Kier molecular flexibility index (Phi) is 3.21. The van der Waals surface area contributed by atoms with Gasteiger partial charge in [0.1, 0.15) is 11.1 Å². The number of hydrogen-bond donors (Lipinski definition) is 2. The summed E-state index contributed by atoms with van der Waals surface area (Å²) >= 11 is 1.13. The van der Waals surface area contributed by atoms with Gasteiger partial charge < -0.3 is 5.73 Å². The molecule has 0 saturated heterocycles. The number of nitrogens with two attached hydrogens (primary N) is 1. The molecule has 100 valence electrons. The zero-order valence-electron chi connectivity index (χ0n) is 10.2. The zero-order valence-corrected chi connectivity index (χ0v) is 11.8. The van der Waals surface area contributed by atoms with E-state index in [2.05, 4.69) is 9.82 Å². The first-order valence-corrected chi connectivity index (χ1v) is 7.52. The van der Waals surface area contributed by atoms with Crippen LogP contribution in [0.4, 0.5) is 10.8 Å². The SMILES string of the molecule is Cc1c(S(=O)(=O)Nc2sccc2C#N)c(N)nn1C. The average Bonchev–Trinajstić information content (AvgIpc) is 2.84. The molecule has 0 amide bonds. The van der Waals surface area contributed by atoms with Crippen molar-refractivity contribution in [3.05, 3.63) is 22.7 Å². The molecule has 2 aromatic heterocycles. The number of nitrogen functional groups attached to an aromatic ring is 1. The Hall–Kier alpha value is -2.05. The number of nitrogens with zero attached hydrogens (tertiary/aromatic N) is 3. The van der Waals surface area contributed by atoms with Crippen molar-refractivity contribution < 1.29 is 8.42 Å². The summed E-state index contributed by atoms with van der Waals surface area (Å²) in [7, 11) is -2.25. The molecule has 0 atom stereocenters. The molecule has 0 unspecified atom stereocenters. The zero-order chi connectivity index (χ0) is 14.2. The van der Waals surface area contributed by atoms with Gasteiger partial charge in [0.05, 0.1) is 11.3 Å². The molecule has 0 spiro atoms. The van der Waals surface area contributed by atoms with Gasteiger partial charge in [0.25, 0.3) is 10.0 Å². The third-order valence-electron chi connectivity index (χ3n) is 2.59. The fraction of sp³-hybridized carbons (Fsp3) is 0.200. The highest BCUT2D eigenvalue weighted by Gasteiger charge is 2.25. The van der Waals surface area contributed by atoms with Crippen molar-refractivity contribution in [2.24, 2.45) is 7.05 Å². The second kappa shape index (κ2) is 4.56. The van der Waals surface area contributed by atoms with E-state index in [9.17, 15) is 8.42 Å². The fourth-order valence-corrected chi connectivity index (χ4v) is 3.99. The van der Waals surface area contributed by atoms with Crippen molar-refractivity contribution in [3.63, 3.8) is 0 Å². The van der Waals surface area contributed by atoms with Crippen LogP contribution in [-0.2, 0) is 17.1 Å². The maximum Gasteiger partial charge on any atom is 0.268 e. The van der Waals surface area contributed by atoms with Crippen LogP contribution in [0.25, 0.3) is 0 Å². The minimum atomic E-state index is -3.86. The Bertz CT molecular complexity index is 766. The van der Waals surface area contributed by atoms with Gasteiger partial charge in [-0.1, -0.05) is 0 Å². The molecule has 0 aliphatic heterocycles. The minimum Gasteiger partial charge on any atom is -0.381 e. The highest BCUT2D eigenvalue weighted by atomic mass is 32.2. The van der Waals surface area contributed by atoms with E-state index < -0.39 is 10.0 Å². The molecule has 0 fully saturated rings. The second-order valence-electron chi connectivity index (χ2n) is 3.80. The predicted molar refractivity (Wildman–Crippen MR) is 72.2 cm³/mol. The average molecular weight is 297 g/mol. The Morgan fingerprint density at radius 2 is 2.26 bits per heavy atom. The van der Waals surface area contributed by atoms with Gasteiger partial charge in [-0.25, -0.2) is 8.42 Å². The lowest BCUT2D eigenvalue weighted by Gasteiger charge is -2.06. The summed E-state index contributed by atoms with van der Waals surface area (Å²) in [6.45, 7) is 1.61. The van der Waals surface area contributed by atoms with Crippen molar-refractivity contribution in [3.8, 4) is 6.07 Å². The van der Waals surface area contributed by atoms with Crippen LogP contribution in [0.3, 0.4) is 0 Å². The van der Waals surface area contributed by atoms with Gasteiger partial charge in [-0.15, -0.1) is 11.3 Å². The van der Waals surface area contributed by atoms with E-state index in [-0.39, 0.29) is 21.3 Å². The standard InChI is InChI=1S/C10H11N5O2S2/c1-6-8(9(12)13-15(6)2)19(16,17)14-10-7(5-11)3-4-18-10/h3-4,14H,1-2H3,(H2,12,13). The van der Waals surface area contributed by atoms with E-state index in [1.54, 1.807) is 25.4 Å². The molecule has 19 heavy (non-hydrogen) atoms. The smallest absolute Gasteiger partial charge is 0.268 e. The molecular weight excluding hydrogens is 286 g/mol. The van der Waals surface area contributed by atoms with Crippen LogP contribution in [-0.4, -0.2) is 18.2 Å². The first kappa shape index (κ1) is 13.4. The summed E-state index contributed by atoms with van der Waals surface area (Å²) < 4.78 is 28.3. The van der Waals surface area contributed by atoms with Crippen molar-refractivity contribution in [1.29, 1.82) is 5.26 Å². The minimum absolute atomic E-state index is 0.0627. The van der Waals surface area contributed by atoms with E-state index in [4.69, 9.17) is 11.0 Å². The summed E-state index contributed by atoms with van der Waals surface area (Å²) in [4.78, 5) is -0.0627. The molecule has 0 radical (unpaired) electrons. The quantitative estimate of drug-likeness (QED) is 0.878. The number of hydrogen-bond acceptors (Lipinski definition) is 6. The molecule has 2 heterocycles. The molecule has 0 aliphatic carbocycles. The first-order valence-electron chi connectivity index (χ1n) is 5.16. The normalized spacial score (nSPS) is 11.2. The first-order chi connectivity index (χ1) is 8.86. The third-order valence-corrected chi connectivity index (χ3v) is 5.06. The summed E-state index contributed by atoms with van der Waals surface area (Å²) in [5.74, 6) is -0.0671. The molecule has 0 aliphatic rings. The number of thiophene rings is 1. The van der Waals surface area contributed by atoms with Gasteiger partial charge in [0.2, 0.25) is 0 Å². The molecule has 3 N–H and O–H groups in total. The van der Waals surface area contributed by atoms with E-state index in [0.29, 0.717) is 5.69 Å². The van der Waals surface area contributed by atoms with Gasteiger partial charge >= 0.3 is 0 Å². The number of anilines is 2. The summed E-state index contributed by atoms with van der Waals surface area (Å²) in [5.41, 5.74) is 6.32. The van der Waals surface area contributed by atoms with Crippen molar-refractivity contribution in [2.75, 3.05) is 10.5 Å². The summed E-state index contributed by atoms with van der Waals surface area (Å²) in [6.07, 6.45) is 0. The molecular formula is C10H11N5O2S2. The Morgan fingerprint density at radius 1 is 1.58 bits per heavy atom. The van der Waals surface area contributed by atoms with Crippen LogP contribution in [0.5, 0.6) is 0 Å². The third kappa shape index (κ3) is 2.27. The molecule has 9 heteroatoms. The lowest BCUT2D eigenvalue weighted by molar-refractivity contribution is 0.600. The van der Waals surface area contributed by atoms with E-state index in [0.717, 1.165) is 11.3 Å². The van der Waals surface area contributed by atoms with Crippen LogP contribution in [0, 0.1) is 18.3 Å². The van der Waals surface area contributed by atoms with Crippen molar-refractivity contribution in [2.45, 2.75) is 11.8 Å². The molecule has 2 aromatic rings. The second-order valence-corrected chi connectivity index (χ2v) is 6.34. The van der Waals surface area contributed by atoms with Crippen LogP contribution in [0.1, 0.15) is 11.3 Å². The number of nitrogens with one attached hydrogen (secondary N) is 1. The summed E-state index contributed by atoms with van der Waals surface area (Å²) in [5, 5.41) is 14.6. The molecule has 7 nitrogen and oxygen atoms in total. The van der Waals surface area contributed by atoms with E-state index >= 15 is 0 Å². The largest absolute Gasteiger partial charge is 0.381 e. The topological polar surface area (TPSA) is 114 Å². The number of rotatable bonds is 3. The van der Waals surface area contributed by atoms with Gasteiger partial charge in [0, 0.05) is 7.05 Å². The lowest BCUT2D eigenvalue weighted by Crippen LogP contribution is -2.15. The number of nitriles is 1. The number of aromatic nitrogens is 2. The molecule has 0 saturated carbocycles. The predicted octanol–water partition coefficient (Wildman–Crippen LogP) is 1.04. The Balaban J connectivity index is 2.47. The van der Waals surface area contributed by atoms with Crippen LogP contribution < -0.4 is 10.5 Å². The molecule has 0 aromatic carbocycles. The van der Waals surface area contributed by atoms with Gasteiger partial charge in [-0.3, -0.25) is 9.40 Å². The molecule has 2 rings (SSSR count). The fourth-order valence-electron chi connectivity index (χ4n) is 1.60. The van der Waals surface area contributed by atoms with Crippen LogP contribution in [0.2, 0.25) is 0 Å². The van der Waals surface area contributed by atoms with Gasteiger partial charge in [-0.05, 0) is 18.4 Å². The van der Waals surface area contributed by atoms with Crippen LogP contribution in [0.15, 0.2) is 16.3 Å². The van der Waals surface area contributed by atoms with E-state index in [1.807, 2.05) is 6.07 Å². The maximum atomic E-state index is 12.3. The highest BCUT2D eigenvalue weighted by Crippen LogP contribution is 2.28. The van der Waals surface area contributed by atoms with Gasteiger partial charge in [-0.2, -0.15) is 10.4 Å². The Labute approximate surface area is 114 Å². The van der Waals surface area contributed by atoms with Crippen molar-refractivity contribution in [1.82, 2.24) is 9.78 Å². The lowest BCUT2D eigenvalue weighted by atomic mass is 10.4. The molecule has 0 bridgehead atoms. The van der Waals surface area contributed by atoms with Gasteiger partial charge in [0.15, 0.2) is 10.7 Å². The summed E-state index contributed by atoms with van der Waals surface area (Å²) in [6, 6.07) is 3.46. The maximum absolute atomic E-state index is 12.3. The van der Waals surface area contributed by atoms with Crippen LogP contribution >= 0.6 is 11.3 Å². The number of sulfonamides is 1. The number of aryl methyl sites for hydroxylation is 1. The van der Waals surface area contributed by atoms with Crippen molar-refractivity contribution >= 4 is 32.2 Å². The highest BCUT2D eigenvalue weighted by molar-refractivity contribution is 7.93. The monoisotopic (exact) mass is 297 g/mol.